The number of carbonyl (C=O) groups excluding carboxylic acids is 1. The number of furan rings is 1. The highest BCUT2D eigenvalue weighted by Gasteiger charge is 2.24. The number of nitrogens with zero attached hydrogens (tertiary/aromatic N) is 4. The zero-order valence-corrected chi connectivity index (χ0v) is 18.6. The topological polar surface area (TPSA) is 64.2 Å². The number of hydrogen-bond donors (Lipinski definition) is 0. The third-order valence-electron chi connectivity index (χ3n) is 4.96. The summed E-state index contributed by atoms with van der Waals surface area (Å²) >= 11 is 1.34. The van der Waals surface area contributed by atoms with E-state index in [9.17, 15) is 9.18 Å². The van der Waals surface area contributed by atoms with Gasteiger partial charge < -0.3 is 9.32 Å². The molecule has 0 saturated heterocycles. The Labute approximate surface area is 190 Å². The third kappa shape index (κ3) is 5.08. The minimum absolute atomic E-state index is 0.0759. The predicted octanol–water partition coefficient (Wildman–Crippen LogP) is 4.86. The monoisotopic (exact) mass is 450 g/mol. The van der Waals surface area contributed by atoms with Gasteiger partial charge in [-0.25, -0.2) is 4.39 Å². The highest BCUT2D eigenvalue weighted by atomic mass is 32.2. The van der Waals surface area contributed by atoms with Gasteiger partial charge in [0, 0.05) is 13.6 Å². The molecule has 0 aliphatic carbocycles. The maximum Gasteiger partial charge on any atom is 0.235 e. The van der Waals surface area contributed by atoms with Gasteiger partial charge in [0.15, 0.2) is 10.9 Å². The van der Waals surface area contributed by atoms with Crippen LogP contribution in [0.15, 0.2) is 82.6 Å². The van der Waals surface area contributed by atoms with Crippen LogP contribution in [-0.4, -0.2) is 37.9 Å². The molecule has 32 heavy (non-hydrogen) atoms. The number of halogens is 1. The van der Waals surface area contributed by atoms with Crippen LogP contribution in [0.5, 0.6) is 0 Å². The highest BCUT2D eigenvalue weighted by Crippen LogP contribution is 2.29. The van der Waals surface area contributed by atoms with Crippen LogP contribution in [0.4, 0.5) is 4.39 Å². The van der Waals surface area contributed by atoms with E-state index in [0.29, 0.717) is 29.8 Å². The van der Waals surface area contributed by atoms with E-state index in [1.165, 1.54) is 23.9 Å². The van der Waals surface area contributed by atoms with Crippen LogP contribution in [0.1, 0.15) is 18.1 Å². The Hall–Kier alpha value is -3.39. The van der Waals surface area contributed by atoms with Crippen molar-refractivity contribution in [2.45, 2.75) is 30.4 Å². The summed E-state index contributed by atoms with van der Waals surface area (Å²) in [6.07, 6.45) is 1.59. The minimum atomic E-state index is -0.406. The maximum absolute atomic E-state index is 13.5. The lowest BCUT2D eigenvalue weighted by Crippen LogP contribution is -2.33. The molecular weight excluding hydrogens is 427 g/mol. The summed E-state index contributed by atoms with van der Waals surface area (Å²) < 4.78 is 21.0. The van der Waals surface area contributed by atoms with Gasteiger partial charge in [-0.2, -0.15) is 0 Å². The molecule has 0 aliphatic rings. The summed E-state index contributed by atoms with van der Waals surface area (Å²) in [7, 11) is 1.72. The first-order chi connectivity index (χ1) is 15.5. The van der Waals surface area contributed by atoms with Gasteiger partial charge in [-0.1, -0.05) is 54.2 Å². The Morgan fingerprint density at radius 2 is 1.88 bits per heavy atom. The first-order valence-electron chi connectivity index (χ1n) is 10.2. The Bertz CT molecular complexity index is 1180. The molecule has 164 valence electrons. The second-order valence-electron chi connectivity index (χ2n) is 7.44. The predicted molar refractivity (Wildman–Crippen MR) is 121 cm³/mol. The lowest BCUT2D eigenvalue weighted by Gasteiger charge is -2.21. The largest absolute Gasteiger partial charge is 0.461 e. The van der Waals surface area contributed by atoms with Crippen molar-refractivity contribution < 1.29 is 13.6 Å². The standard InChI is InChI=1S/C24H23FN4O2S/c1-17(23(30)28(2)15-19-10-6-11-20(25)14-19)32-24-27-26-22(21-12-7-13-31-21)29(24)16-18-8-4-3-5-9-18/h3-14,17H,15-16H2,1-2H3. The lowest BCUT2D eigenvalue weighted by atomic mass is 10.2. The van der Waals surface area contributed by atoms with Gasteiger partial charge in [0.05, 0.1) is 18.1 Å². The molecule has 0 saturated carbocycles. The summed E-state index contributed by atoms with van der Waals surface area (Å²) in [5.41, 5.74) is 1.83. The molecule has 0 bridgehead atoms. The molecule has 2 aromatic carbocycles. The minimum Gasteiger partial charge on any atom is -0.461 e. The van der Waals surface area contributed by atoms with Crippen molar-refractivity contribution in [1.82, 2.24) is 19.7 Å². The molecule has 1 atom stereocenters. The van der Waals surface area contributed by atoms with E-state index in [-0.39, 0.29) is 11.7 Å². The van der Waals surface area contributed by atoms with Gasteiger partial charge in [0.2, 0.25) is 11.7 Å². The molecule has 0 radical (unpaired) electrons. The first-order valence-corrected chi connectivity index (χ1v) is 11.1. The summed E-state index contributed by atoms with van der Waals surface area (Å²) in [6, 6.07) is 19.9. The molecule has 0 aliphatic heterocycles. The summed E-state index contributed by atoms with van der Waals surface area (Å²) in [5, 5.41) is 8.88. The molecule has 0 spiro atoms. The van der Waals surface area contributed by atoms with E-state index >= 15 is 0 Å². The number of amides is 1. The van der Waals surface area contributed by atoms with E-state index in [0.717, 1.165) is 11.1 Å². The number of rotatable bonds is 8. The van der Waals surface area contributed by atoms with Crippen LogP contribution in [0.3, 0.4) is 0 Å². The Morgan fingerprint density at radius 3 is 2.59 bits per heavy atom. The lowest BCUT2D eigenvalue weighted by molar-refractivity contribution is -0.129. The van der Waals surface area contributed by atoms with Crippen molar-refractivity contribution in [3.05, 3.63) is 89.9 Å². The fourth-order valence-electron chi connectivity index (χ4n) is 3.38. The zero-order valence-electron chi connectivity index (χ0n) is 17.8. The second kappa shape index (κ2) is 9.82. The average molecular weight is 451 g/mol. The van der Waals surface area contributed by atoms with Crippen LogP contribution in [-0.2, 0) is 17.9 Å². The summed E-state index contributed by atoms with van der Waals surface area (Å²) in [5.74, 6) is 0.829. The Kier molecular flexibility index (Phi) is 6.70. The molecule has 0 N–H and O–H groups in total. The van der Waals surface area contributed by atoms with Crippen LogP contribution < -0.4 is 0 Å². The van der Waals surface area contributed by atoms with Crippen molar-refractivity contribution in [1.29, 1.82) is 0 Å². The molecule has 2 heterocycles. The number of thioether (sulfide) groups is 1. The Morgan fingerprint density at radius 1 is 1.09 bits per heavy atom. The van der Waals surface area contributed by atoms with E-state index in [1.807, 2.05) is 47.9 Å². The molecule has 0 fully saturated rings. The molecular formula is C24H23FN4O2S. The van der Waals surface area contributed by atoms with Crippen LogP contribution in [0.2, 0.25) is 0 Å². The third-order valence-corrected chi connectivity index (χ3v) is 6.02. The van der Waals surface area contributed by atoms with Gasteiger partial charge >= 0.3 is 0 Å². The van der Waals surface area contributed by atoms with Crippen molar-refractivity contribution in [2.75, 3.05) is 7.05 Å². The van der Waals surface area contributed by atoms with Crippen LogP contribution in [0, 0.1) is 5.82 Å². The quantitative estimate of drug-likeness (QED) is 0.359. The van der Waals surface area contributed by atoms with Gasteiger partial charge in [-0.3, -0.25) is 9.36 Å². The van der Waals surface area contributed by atoms with E-state index in [4.69, 9.17) is 4.42 Å². The SMILES string of the molecule is CC(Sc1nnc(-c2ccco2)n1Cc1ccccc1)C(=O)N(C)Cc1cccc(F)c1. The molecule has 8 heteroatoms. The fourth-order valence-corrected chi connectivity index (χ4v) is 4.34. The number of aromatic nitrogens is 3. The van der Waals surface area contributed by atoms with E-state index in [1.54, 1.807) is 36.4 Å². The van der Waals surface area contributed by atoms with Gasteiger partial charge in [-0.05, 0) is 42.3 Å². The second-order valence-corrected chi connectivity index (χ2v) is 8.75. The van der Waals surface area contributed by atoms with Crippen molar-refractivity contribution >= 4 is 17.7 Å². The fraction of sp³-hybridized carbons (Fsp3) is 0.208. The van der Waals surface area contributed by atoms with Crippen molar-refractivity contribution in [3.8, 4) is 11.6 Å². The van der Waals surface area contributed by atoms with Gasteiger partial charge in [-0.15, -0.1) is 10.2 Å². The first kappa shape index (κ1) is 21.8. The van der Waals surface area contributed by atoms with Gasteiger partial charge in [0.25, 0.3) is 0 Å². The summed E-state index contributed by atoms with van der Waals surface area (Å²) in [6.45, 7) is 2.71. The van der Waals surface area contributed by atoms with Crippen molar-refractivity contribution in [2.24, 2.45) is 0 Å². The van der Waals surface area contributed by atoms with E-state index < -0.39 is 5.25 Å². The van der Waals surface area contributed by atoms with Crippen molar-refractivity contribution in [3.63, 3.8) is 0 Å². The van der Waals surface area contributed by atoms with E-state index in [2.05, 4.69) is 10.2 Å². The molecule has 1 amide bonds. The number of carbonyl (C=O) groups is 1. The molecule has 6 nitrogen and oxygen atoms in total. The number of hydrogen-bond acceptors (Lipinski definition) is 5. The van der Waals surface area contributed by atoms with Gasteiger partial charge in [0.1, 0.15) is 5.82 Å². The molecule has 1 unspecified atom stereocenters. The maximum atomic E-state index is 13.5. The molecule has 2 aromatic heterocycles. The normalized spacial score (nSPS) is 12.0. The van der Waals surface area contributed by atoms with Crippen LogP contribution in [0.25, 0.3) is 11.6 Å². The molecule has 4 rings (SSSR count). The molecule has 4 aromatic rings. The smallest absolute Gasteiger partial charge is 0.235 e. The summed E-state index contributed by atoms with van der Waals surface area (Å²) in [4.78, 5) is 14.6. The number of benzene rings is 2. The van der Waals surface area contributed by atoms with Crippen LogP contribution >= 0.6 is 11.8 Å². The zero-order chi connectivity index (χ0) is 22.5. The average Bonchev–Trinajstić information content (AvgIpc) is 3.44. The Balaban J connectivity index is 1.53. The highest BCUT2D eigenvalue weighted by molar-refractivity contribution is 8.00.